The molecule has 1 aliphatic heterocycles. The highest BCUT2D eigenvalue weighted by atomic mass is 16.2. The first-order chi connectivity index (χ1) is 11.1. The van der Waals surface area contributed by atoms with E-state index in [1.807, 2.05) is 24.2 Å². The minimum atomic E-state index is 0.0345. The Labute approximate surface area is 135 Å². The lowest BCUT2D eigenvalue weighted by Gasteiger charge is -2.42. The zero-order valence-corrected chi connectivity index (χ0v) is 13.5. The third-order valence-corrected chi connectivity index (χ3v) is 4.69. The Bertz CT molecular complexity index is 747. The van der Waals surface area contributed by atoms with E-state index < -0.39 is 0 Å². The van der Waals surface area contributed by atoms with Crippen LogP contribution in [0.15, 0.2) is 18.6 Å². The van der Waals surface area contributed by atoms with Crippen LogP contribution in [0.4, 0.5) is 5.82 Å². The number of anilines is 1. The lowest BCUT2D eigenvalue weighted by Crippen LogP contribution is -2.52. The highest BCUT2D eigenvalue weighted by Crippen LogP contribution is 2.28. The van der Waals surface area contributed by atoms with E-state index in [0.717, 1.165) is 29.8 Å². The van der Waals surface area contributed by atoms with Gasteiger partial charge in [-0.05, 0) is 18.4 Å². The molecular formula is C17H21N5O. The van der Waals surface area contributed by atoms with Crippen molar-refractivity contribution in [3.8, 4) is 12.3 Å². The predicted molar refractivity (Wildman–Crippen MR) is 89.9 cm³/mol. The number of fused-ring (bicyclic) bond motifs is 1. The topological polar surface area (TPSA) is 65.1 Å². The van der Waals surface area contributed by atoms with Crippen molar-refractivity contribution in [3.05, 3.63) is 18.6 Å². The molecule has 1 fully saturated rings. The Kier molecular flexibility index (Phi) is 4.20. The molecule has 6 nitrogen and oxygen atoms in total. The van der Waals surface area contributed by atoms with E-state index in [2.05, 4.69) is 32.7 Å². The fourth-order valence-corrected chi connectivity index (χ4v) is 3.28. The number of nitrogens with one attached hydrogen (secondary N) is 1. The van der Waals surface area contributed by atoms with Gasteiger partial charge in [-0.15, -0.1) is 6.42 Å². The number of piperidine rings is 1. The summed E-state index contributed by atoms with van der Waals surface area (Å²) >= 11 is 0. The first-order valence-corrected chi connectivity index (χ1v) is 7.84. The molecule has 6 heteroatoms. The number of likely N-dealkylation sites (N-methyl/N-ethyl adjacent to an activating group) is 1. The van der Waals surface area contributed by atoms with Crippen molar-refractivity contribution in [1.29, 1.82) is 0 Å². The van der Waals surface area contributed by atoms with Crippen LogP contribution in [0.5, 0.6) is 0 Å². The molecule has 1 aliphatic rings. The summed E-state index contributed by atoms with van der Waals surface area (Å²) in [6, 6.07) is 2.19. The smallest absolute Gasteiger partial charge is 0.234 e. The molecule has 0 radical (unpaired) electrons. The predicted octanol–water partition coefficient (Wildman–Crippen LogP) is 1.65. The van der Waals surface area contributed by atoms with Crippen molar-refractivity contribution < 1.29 is 4.79 Å². The van der Waals surface area contributed by atoms with Gasteiger partial charge >= 0.3 is 0 Å². The molecule has 1 saturated heterocycles. The van der Waals surface area contributed by atoms with Gasteiger partial charge in [-0.3, -0.25) is 4.79 Å². The monoisotopic (exact) mass is 311 g/mol. The Balaban J connectivity index is 1.85. The second-order valence-electron chi connectivity index (χ2n) is 6.10. The zero-order valence-electron chi connectivity index (χ0n) is 13.5. The highest BCUT2D eigenvalue weighted by Gasteiger charge is 2.32. The number of aromatic amines is 1. The van der Waals surface area contributed by atoms with Crippen LogP contribution in [0.25, 0.3) is 11.0 Å². The van der Waals surface area contributed by atoms with Crippen LogP contribution in [0.2, 0.25) is 0 Å². The van der Waals surface area contributed by atoms with Crippen molar-refractivity contribution in [1.82, 2.24) is 19.9 Å². The minimum absolute atomic E-state index is 0.0345. The third kappa shape index (κ3) is 2.87. The average molecular weight is 311 g/mol. The summed E-state index contributed by atoms with van der Waals surface area (Å²) in [6.45, 7) is 3.67. The summed E-state index contributed by atoms with van der Waals surface area (Å²) in [5, 5.41) is 0.995. The Morgan fingerprint density at radius 2 is 2.39 bits per heavy atom. The van der Waals surface area contributed by atoms with Gasteiger partial charge in [0.1, 0.15) is 17.8 Å². The minimum Gasteiger partial charge on any atom is -0.354 e. The lowest BCUT2D eigenvalue weighted by molar-refractivity contribution is -0.131. The van der Waals surface area contributed by atoms with Crippen molar-refractivity contribution in [2.24, 2.45) is 5.92 Å². The Morgan fingerprint density at radius 1 is 1.57 bits per heavy atom. The molecule has 120 valence electrons. The average Bonchev–Trinajstić information content (AvgIpc) is 3.03. The van der Waals surface area contributed by atoms with Crippen molar-refractivity contribution in [2.75, 3.05) is 25.0 Å². The second-order valence-corrected chi connectivity index (χ2v) is 6.10. The SMILES string of the molecule is C#CCC(=O)N1CC[C@H](C)[C@H](N(C)c2ncnc3[nH]ccc23)C1. The molecule has 3 rings (SSSR count). The van der Waals surface area contributed by atoms with Crippen LogP contribution in [0.3, 0.4) is 0 Å². The van der Waals surface area contributed by atoms with E-state index in [-0.39, 0.29) is 18.4 Å². The van der Waals surface area contributed by atoms with Crippen LogP contribution in [-0.2, 0) is 4.79 Å². The van der Waals surface area contributed by atoms with Crippen LogP contribution in [0.1, 0.15) is 19.8 Å². The normalized spacial score (nSPS) is 21.2. The summed E-state index contributed by atoms with van der Waals surface area (Å²) < 4.78 is 0. The number of hydrogen-bond acceptors (Lipinski definition) is 4. The van der Waals surface area contributed by atoms with Gasteiger partial charge in [0.25, 0.3) is 0 Å². The van der Waals surface area contributed by atoms with Crippen LogP contribution >= 0.6 is 0 Å². The van der Waals surface area contributed by atoms with Crippen molar-refractivity contribution >= 4 is 22.8 Å². The number of terminal acetylenes is 1. The maximum absolute atomic E-state index is 12.1. The Morgan fingerprint density at radius 3 is 3.17 bits per heavy atom. The first kappa shape index (κ1) is 15.3. The standard InChI is InChI=1S/C17H21N5O/c1-4-5-15(23)22-9-7-12(2)14(10-22)21(3)17-13-6-8-18-16(13)19-11-20-17/h1,6,8,11-12,14H,5,7,9-10H2,2-3H3,(H,18,19,20)/t12-,14+/m0/s1. The van der Waals surface area contributed by atoms with Gasteiger partial charge in [-0.2, -0.15) is 0 Å². The largest absolute Gasteiger partial charge is 0.354 e. The first-order valence-electron chi connectivity index (χ1n) is 7.84. The molecule has 2 aromatic rings. The van der Waals surface area contributed by atoms with Gasteiger partial charge in [0.2, 0.25) is 5.91 Å². The van der Waals surface area contributed by atoms with Gasteiger partial charge < -0.3 is 14.8 Å². The zero-order chi connectivity index (χ0) is 16.4. The number of amides is 1. The number of carbonyl (C=O) groups excluding carboxylic acids is 1. The number of likely N-dealkylation sites (tertiary alicyclic amines) is 1. The van der Waals surface area contributed by atoms with E-state index in [9.17, 15) is 4.79 Å². The maximum Gasteiger partial charge on any atom is 0.234 e. The number of hydrogen-bond donors (Lipinski definition) is 1. The summed E-state index contributed by atoms with van der Waals surface area (Å²) in [5.41, 5.74) is 0.825. The van der Waals surface area contributed by atoms with E-state index in [0.29, 0.717) is 12.5 Å². The molecule has 0 aliphatic carbocycles. The number of aromatic nitrogens is 3. The summed E-state index contributed by atoms with van der Waals surface area (Å²) in [6.07, 6.45) is 9.84. The quantitative estimate of drug-likeness (QED) is 0.876. The molecule has 0 bridgehead atoms. The summed E-state index contributed by atoms with van der Waals surface area (Å²) in [4.78, 5) is 27.9. The van der Waals surface area contributed by atoms with E-state index in [4.69, 9.17) is 6.42 Å². The highest BCUT2D eigenvalue weighted by molar-refractivity contribution is 5.87. The molecule has 0 aromatic carbocycles. The summed E-state index contributed by atoms with van der Waals surface area (Å²) in [5.74, 6) is 3.84. The van der Waals surface area contributed by atoms with Gasteiger partial charge in [0, 0.05) is 26.3 Å². The number of carbonyl (C=O) groups is 1. The molecule has 2 atom stereocenters. The van der Waals surface area contributed by atoms with Crippen LogP contribution in [0, 0.1) is 18.3 Å². The molecule has 2 aromatic heterocycles. The van der Waals surface area contributed by atoms with Crippen molar-refractivity contribution in [3.63, 3.8) is 0 Å². The van der Waals surface area contributed by atoms with E-state index >= 15 is 0 Å². The fourth-order valence-electron chi connectivity index (χ4n) is 3.28. The molecule has 23 heavy (non-hydrogen) atoms. The second kappa shape index (κ2) is 6.29. The number of H-pyrrole nitrogens is 1. The van der Waals surface area contributed by atoms with E-state index in [1.165, 1.54) is 0 Å². The lowest BCUT2D eigenvalue weighted by atomic mass is 9.92. The van der Waals surface area contributed by atoms with Gasteiger partial charge in [0.15, 0.2) is 0 Å². The summed E-state index contributed by atoms with van der Waals surface area (Å²) in [7, 11) is 2.03. The molecule has 1 N–H and O–H groups in total. The van der Waals surface area contributed by atoms with Gasteiger partial charge in [0.05, 0.1) is 17.8 Å². The van der Waals surface area contributed by atoms with Crippen molar-refractivity contribution in [2.45, 2.75) is 25.8 Å². The molecule has 0 unspecified atom stereocenters. The molecule has 1 amide bonds. The fraction of sp³-hybridized carbons (Fsp3) is 0.471. The number of nitrogens with zero attached hydrogens (tertiary/aromatic N) is 4. The molecule has 0 saturated carbocycles. The molecule has 0 spiro atoms. The van der Waals surface area contributed by atoms with E-state index in [1.54, 1.807) is 6.33 Å². The molecular weight excluding hydrogens is 290 g/mol. The van der Waals surface area contributed by atoms with Gasteiger partial charge in [-0.25, -0.2) is 9.97 Å². The molecule has 3 heterocycles. The van der Waals surface area contributed by atoms with Crippen LogP contribution < -0.4 is 4.90 Å². The maximum atomic E-state index is 12.1. The Hall–Kier alpha value is -2.55. The number of rotatable bonds is 3. The van der Waals surface area contributed by atoms with Gasteiger partial charge in [-0.1, -0.05) is 12.8 Å². The van der Waals surface area contributed by atoms with Crippen LogP contribution in [-0.4, -0.2) is 51.9 Å². The third-order valence-electron chi connectivity index (χ3n) is 4.69.